The molecule has 1 saturated heterocycles. The zero-order valence-electron chi connectivity index (χ0n) is 9.73. The number of hydrogen-bond acceptors (Lipinski definition) is 4. The maximum atomic E-state index is 5.71. The summed E-state index contributed by atoms with van der Waals surface area (Å²) in [6.07, 6.45) is 2.56. The van der Waals surface area contributed by atoms with Crippen molar-refractivity contribution in [1.29, 1.82) is 0 Å². The molecule has 1 aromatic heterocycles. The van der Waals surface area contributed by atoms with Crippen LogP contribution in [0, 0.1) is 0 Å². The van der Waals surface area contributed by atoms with Gasteiger partial charge in [-0.05, 0) is 38.6 Å². The van der Waals surface area contributed by atoms with E-state index < -0.39 is 0 Å². The molecule has 1 unspecified atom stereocenters. The maximum Gasteiger partial charge on any atom is 0.151 e. The van der Waals surface area contributed by atoms with Crippen LogP contribution in [0.4, 0.5) is 5.82 Å². The van der Waals surface area contributed by atoms with Crippen molar-refractivity contribution in [2.24, 2.45) is 0 Å². The average molecular weight is 241 g/mol. The Balaban J connectivity index is 1.97. The number of halogens is 1. The van der Waals surface area contributed by atoms with E-state index in [1.807, 2.05) is 13.1 Å². The number of aromatic nitrogens is 2. The molecule has 0 aromatic carbocycles. The zero-order valence-corrected chi connectivity index (χ0v) is 10.5. The molecule has 16 heavy (non-hydrogen) atoms. The first kappa shape index (κ1) is 11.6. The fourth-order valence-corrected chi connectivity index (χ4v) is 2.23. The number of likely N-dealkylation sites (N-methyl/N-ethyl adjacent to an activating group) is 2. The minimum atomic E-state index is 0.440. The summed E-state index contributed by atoms with van der Waals surface area (Å²) in [5.41, 5.74) is 0. The summed E-state index contributed by atoms with van der Waals surface area (Å²) >= 11 is 5.71. The van der Waals surface area contributed by atoms with E-state index in [2.05, 4.69) is 27.0 Å². The lowest BCUT2D eigenvalue weighted by atomic mass is 10.2. The number of anilines is 1. The molecule has 4 nitrogen and oxygen atoms in total. The number of nitrogens with zero attached hydrogens (tertiary/aromatic N) is 4. The van der Waals surface area contributed by atoms with Gasteiger partial charge in [-0.1, -0.05) is 11.6 Å². The molecule has 2 rings (SSSR count). The summed E-state index contributed by atoms with van der Waals surface area (Å²) in [6, 6.07) is 4.31. The fourth-order valence-electron chi connectivity index (χ4n) is 2.13. The second-order valence-corrected chi connectivity index (χ2v) is 4.76. The monoisotopic (exact) mass is 240 g/mol. The van der Waals surface area contributed by atoms with E-state index in [1.54, 1.807) is 6.07 Å². The lowest BCUT2D eigenvalue weighted by molar-refractivity contribution is 0.314. The van der Waals surface area contributed by atoms with E-state index in [4.69, 9.17) is 11.6 Å². The van der Waals surface area contributed by atoms with Crippen LogP contribution in [0.1, 0.15) is 12.8 Å². The Kier molecular flexibility index (Phi) is 3.61. The summed E-state index contributed by atoms with van der Waals surface area (Å²) in [6.45, 7) is 2.19. The second-order valence-electron chi connectivity index (χ2n) is 4.37. The lowest BCUT2D eigenvalue weighted by Gasteiger charge is -2.26. The van der Waals surface area contributed by atoms with Crippen molar-refractivity contribution in [2.75, 3.05) is 32.1 Å². The quantitative estimate of drug-likeness (QED) is 0.805. The predicted octanol–water partition coefficient (Wildman–Crippen LogP) is 1.66. The first-order chi connectivity index (χ1) is 7.66. The Morgan fingerprint density at radius 2 is 2.31 bits per heavy atom. The zero-order chi connectivity index (χ0) is 11.5. The molecule has 0 radical (unpaired) electrons. The largest absolute Gasteiger partial charge is 0.357 e. The van der Waals surface area contributed by atoms with Crippen molar-refractivity contribution in [1.82, 2.24) is 15.1 Å². The van der Waals surface area contributed by atoms with Gasteiger partial charge in [0.05, 0.1) is 0 Å². The summed E-state index contributed by atoms with van der Waals surface area (Å²) in [7, 11) is 4.23. The van der Waals surface area contributed by atoms with Gasteiger partial charge in [-0.2, -0.15) is 0 Å². The van der Waals surface area contributed by atoms with Gasteiger partial charge in [0.1, 0.15) is 0 Å². The third-order valence-corrected chi connectivity index (χ3v) is 3.37. The van der Waals surface area contributed by atoms with Gasteiger partial charge in [-0.3, -0.25) is 0 Å². The van der Waals surface area contributed by atoms with Crippen LogP contribution in [-0.4, -0.2) is 48.3 Å². The molecule has 0 amide bonds. The third-order valence-electron chi connectivity index (χ3n) is 3.17. The van der Waals surface area contributed by atoms with Gasteiger partial charge < -0.3 is 9.80 Å². The summed E-state index contributed by atoms with van der Waals surface area (Å²) in [5.74, 6) is 0.879. The molecular weight excluding hydrogens is 224 g/mol. The van der Waals surface area contributed by atoms with Crippen molar-refractivity contribution < 1.29 is 0 Å². The van der Waals surface area contributed by atoms with Crippen molar-refractivity contribution in [3.8, 4) is 0 Å². The van der Waals surface area contributed by atoms with E-state index in [1.165, 1.54) is 19.4 Å². The van der Waals surface area contributed by atoms with Crippen molar-refractivity contribution in [3.05, 3.63) is 17.3 Å². The molecule has 1 aliphatic rings. The molecule has 0 saturated carbocycles. The molecule has 1 aliphatic heterocycles. The van der Waals surface area contributed by atoms with Crippen LogP contribution in [0.25, 0.3) is 0 Å². The molecule has 88 valence electrons. The van der Waals surface area contributed by atoms with Crippen LogP contribution in [0.15, 0.2) is 12.1 Å². The Morgan fingerprint density at radius 1 is 1.50 bits per heavy atom. The normalized spacial score (nSPS) is 21.3. The van der Waals surface area contributed by atoms with Crippen LogP contribution in [-0.2, 0) is 0 Å². The summed E-state index contributed by atoms with van der Waals surface area (Å²) < 4.78 is 0. The molecule has 0 N–H and O–H groups in total. The van der Waals surface area contributed by atoms with Crippen LogP contribution in [0.2, 0.25) is 5.15 Å². The molecule has 2 heterocycles. The Hall–Kier alpha value is -0.870. The lowest BCUT2D eigenvalue weighted by Crippen LogP contribution is -2.37. The van der Waals surface area contributed by atoms with Crippen molar-refractivity contribution >= 4 is 17.4 Å². The van der Waals surface area contributed by atoms with Gasteiger partial charge in [-0.25, -0.2) is 0 Å². The van der Waals surface area contributed by atoms with Gasteiger partial charge in [0, 0.05) is 19.6 Å². The summed E-state index contributed by atoms with van der Waals surface area (Å²) in [4.78, 5) is 4.54. The standard InChI is InChI=1S/C11H17ClN4/c1-15-7-3-4-9(15)8-16(2)11-6-5-10(12)13-14-11/h5-6,9H,3-4,7-8H2,1-2H3. The van der Waals surface area contributed by atoms with E-state index in [9.17, 15) is 0 Å². The van der Waals surface area contributed by atoms with Crippen LogP contribution in [0.3, 0.4) is 0 Å². The maximum absolute atomic E-state index is 5.71. The molecule has 0 aliphatic carbocycles. The number of likely N-dealkylation sites (tertiary alicyclic amines) is 1. The highest BCUT2D eigenvalue weighted by Crippen LogP contribution is 2.18. The SMILES string of the molecule is CN(CC1CCCN1C)c1ccc(Cl)nn1. The predicted molar refractivity (Wildman–Crippen MR) is 66.0 cm³/mol. The van der Waals surface area contributed by atoms with E-state index in [-0.39, 0.29) is 0 Å². The fraction of sp³-hybridized carbons (Fsp3) is 0.636. The highest BCUT2D eigenvalue weighted by molar-refractivity contribution is 6.29. The van der Waals surface area contributed by atoms with Crippen molar-refractivity contribution in [3.63, 3.8) is 0 Å². The smallest absolute Gasteiger partial charge is 0.151 e. The van der Waals surface area contributed by atoms with E-state index in [0.717, 1.165) is 12.4 Å². The molecule has 1 aromatic rings. The molecule has 1 atom stereocenters. The van der Waals surface area contributed by atoms with Crippen LogP contribution >= 0.6 is 11.6 Å². The van der Waals surface area contributed by atoms with Crippen LogP contribution < -0.4 is 4.90 Å². The van der Waals surface area contributed by atoms with Crippen LogP contribution in [0.5, 0.6) is 0 Å². The molecule has 0 spiro atoms. The number of rotatable bonds is 3. The Labute approximate surface area is 101 Å². The third kappa shape index (κ3) is 2.62. The van der Waals surface area contributed by atoms with E-state index in [0.29, 0.717) is 11.2 Å². The Morgan fingerprint density at radius 3 is 2.88 bits per heavy atom. The summed E-state index contributed by atoms with van der Waals surface area (Å²) in [5, 5.41) is 8.36. The minimum Gasteiger partial charge on any atom is -0.357 e. The Bertz CT molecular complexity index is 340. The first-order valence-corrected chi connectivity index (χ1v) is 5.95. The highest BCUT2D eigenvalue weighted by Gasteiger charge is 2.22. The van der Waals surface area contributed by atoms with Gasteiger partial charge in [0.2, 0.25) is 0 Å². The van der Waals surface area contributed by atoms with Gasteiger partial charge >= 0.3 is 0 Å². The van der Waals surface area contributed by atoms with Crippen molar-refractivity contribution in [2.45, 2.75) is 18.9 Å². The van der Waals surface area contributed by atoms with Gasteiger partial charge in [0.25, 0.3) is 0 Å². The second kappa shape index (κ2) is 4.97. The molecule has 1 fully saturated rings. The number of hydrogen-bond donors (Lipinski definition) is 0. The minimum absolute atomic E-state index is 0.440. The average Bonchev–Trinajstić information content (AvgIpc) is 2.65. The highest BCUT2D eigenvalue weighted by atomic mass is 35.5. The van der Waals surface area contributed by atoms with Gasteiger partial charge in [-0.15, -0.1) is 10.2 Å². The molecular formula is C11H17ClN4. The van der Waals surface area contributed by atoms with Gasteiger partial charge in [0.15, 0.2) is 11.0 Å². The first-order valence-electron chi connectivity index (χ1n) is 5.57. The van der Waals surface area contributed by atoms with E-state index >= 15 is 0 Å². The molecule has 5 heteroatoms. The molecule has 0 bridgehead atoms. The topological polar surface area (TPSA) is 32.3 Å².